The van der Waals surface area contributed by atoms with Crippen molar-refractivity contribution in [1.82, 2.24) is 10.6 Å². The Labute approximate surface area is 219 Å². The molecule has 2 N–H and O–H groups in total. The first-order valence-electron chi connectivity index (χ1n) is 13.1. The predicted molar refractivity (Wildman–Crippen MR) is 154 cm³/mol. The van der Waals surface area contributed by atoms with Gasteiger partial charge in [-0.2, -0.15) is 0 Å². The number of allylic oxidation sites excluding steroid dienone is 3. The Morgan fingerprint density at radius 2 is 1.39 bits per heavy atom. The van der Waals surface area contributed by atoms with E-state index in [2.05, 4.69) is 107 Å². The van der Waals surface area contributed by atoms with Gasteiger partial charge in [0.05, 0.1) is 0 Å². The van der Waals surface area contributed by atoms with Crippen molar-refractivity contribution < 1.29 is 0 Å². The minimum atomic E-state index is 0.428. The topological polar surface area (TPSA) is 27.3 Å². The number of benzene rings is 3. The van der Waals surface area contributed by atoms with Crippen molar-refractivity contribution in [3.63, 3.8) is 0 Å². The van der Waals surface area contributed by atoms with E-state index in [4.69, 9.17) is 12.2 Å². The third kappa shape index (κ3) is 4.70. The molecule has 0 saturated carbocycles. The molecule has 0 fully saturated rings. The molecule has 4 heteroatoms. The third-order valence-corrected chi connectivity index (χ3v) is 8.14. The van der Waals surface area contributed by atoms with Gasteiger partial charge in [-0.05, 0) is 64.9 Å². The van der Waals surface area contributed by atoms with Gasteiger partial charge in [0.15, 0.2) is 5.11 Å². The lowest BCUT2D eigenvalue weighted by Gasteiger charge is -2.43. The van der Waals surface area contributed by atoms with E-state index in [0.717, 1.165) is 50.6 Å². The summed E-state index contributed by atoms with van der Waals surface area (Å²) >= 11 is 5.62. The van der Waals surface area contributed by atoms with Gasteiger partial charge >= 0.3 is 0 Å². The molecule has 0 saturated heterocycles. The molecule has 182 valence electrons. The van der Waals surface area contributed by atoms with Crippen LogP contribution in [0.2, 0.25) is 0 Å². The maximum absolute atomic E-state index is 5.62. The molecule has 2 heterocycles. The summed E-state index contributed by atoms with van der Waals surface area (Å²) < 4.78 is 0. The van der Waals surface area contributed by atoms with Crippen molar-refractivity contribution in [2.24, 2.45) is 0 Å². The van der Waals surface area contributed by atoms with Crippen LogP contribution in [-0.4, -0.2) is 24.7 Å². The van der Waals surface area contributed by atoms with Crippen LogP contribution in [0.4, 0.5) is 5.69 Å². The average Bonchev–Trinajstić information content (AvgIpc) is 3.46. The van der Waals surface area contributed by atoms with Gasteiger partial charge in [-0.25, -0.2) is 0 Å². The van der Waals surface area contributed by atoms with Crippen molar-refractivity contribution >= 4 is 23.0 Å². The van der Waals surface area contributed by atoms with Crippen LogP contribution < -0.4 is 15.5 Å². The van der Waals surface area contributed by atoms with Crippen LogP contribution in [0.5, 0.6) is 0 Å². The number of hydrogen-bond donors (Lipinski definition) is 2. The molecule has 3 aromatic carbocycles. The zero-order valence-corrected chi connectivity index (χ0v) is 21.4. The zero-order valence-electron chi connectivity index (χ0n) is 20.6. The predicted octanol–water partition coefficient (Wildman–Crippen LogP) is 6.41. The van der Waals surface area contributed by atoms with E-state index in [1.54, 1.807) is 0 Å². The van der Waals surface area contributed by atoms with E-state index in [1.807, 2.05) is 0 Å². The lowest BCUT2D eigenvalue weighted by atomic mass is 9.76. The Morgan fingerprint density at radius 1 is 0.806 bits per heavy atom. The molecular weight excluding hydrogens is 458 g/mol. The van der Waals surface area contributed by atoms with Gasteiger partial charge in [0.1, 0.15) is 0 Å². The highest BCUT2D eigenvalue weighted by molar-refractivity contribution is 7.80. The summed E-state index contributed by atoms with van der Waals surface area (Å²) in [5.74, 6) is 0.857. The largest absolute Gasteiger partial charge is 0.371 e. The molecule has 2 atom stereocenters. The molecule has 3 aromatic rings. The summed E-state index contributed by atoms with van der Waals surface area (Å²) in [4.78, 5) is 2.64. The second-order valence-corrected chi connectivity index (χ2v) is 10.5. The summed E-state index contributed by atoms with van der Waals surface area (Å²) in [6.45, 7) is 3.77. The first-order chi connectivity index (χ1) is 17.8. The molecule has 0 amide bonds. The maximum atomic E-state index is 5.62. The minimum Gasteiger partial charge on any atom is -0.371 e. The SMILES string of the molecule is S=C(NCC1=CC=CC1)NCc1cc2c3c(c1)C(c1ccccc1)CCN3CCC2c1ccccc1. The monoisotopic (exact) mass is 491 g/mol. The Bertz CT molecular complexity index is 1220. The minimum absolute atomic E-state index is 0.428. The van der Waals surface area contributed by atoms with E-state index >= 15 is 0 Å². The maximum Gasteiger partial charge on any atom is 0.166 e. The van der Waals surface area contributed by atoms with Gasteiger partial charge in [-0.15, -0.1) is 0 Å². The average molecular weight is 492 g/mol. The molecule has 0 aromatic heterocycles. The zero-order chi connectivity index (χ0) is 24.3. The summed E-state index contributed by atoms with van der Waals surface area (Å²) in [7, 11) is 0. The van der Waals surface area contributed by atoms with Crippen LogP contribution in [0.3, 0.4) is 0 Å². The molecule has 2 unspecified atom stereocenters. The number of nitrogens with one attached hydrogen (secondary N) is 2. The first-order valence-corrected chi connectivity index (χ1v) is 13.5. The molecule has 3 aliphatic rings. The summed E-state index contributed by atoms with van der Waals surface area (Å²) in [5, 5.41) is 7.57. The van der Waals surface area contributed by atoms with Crippen LogP contribution >= 0.6 is 12.2 Å². The highest BCUT2D eigenvalue weighted by atomic mass is 32.1. The fourth-order valence-electron chi connectivity index (χ4n) is 6.08. The first kappa shape index (κ1) is 23.1. The number of nitrogens with zero attached hydrogens (tertiary/aromatic N) is 1. The van der Waals surface area contributed by atoms with Crippen LogP contribution in [0.15, 0.2) is 96.6 Å². The fraction of sp³-hybridized carbons (Fsp3) is 0.281. The lowest BCUT2D eigenvalue weighted by molar-refractivity contribution is 0.569. The summed E-state index contributed by atoms with van der Waals surface area (Å²) in [5.41, 5.74) is 9.94. The van der Waals surface area contributed by atoms with Crippen LogP contribution in [0.25, 0.3) is 0 Å². The Balaban J connectivity index is 1.32. The van der Waals surface area contributed by atoms with Crippen molar-refractivity contribution in [3.05, 3.63) is 124 Å². The normalized spacial score (nSPS) is 20.0. The van der Waals surface area contributed by atoms with Crippen LogP contribution in [0, 0.1) is 0 Å². The lowest BCUT2D eigenvalue weighted by Crippen LogP contribution is -2.38. The molecule has 36 heavy (non-hydrogen) atoms. The number of anilines is 1. The van der Waals surface area contributed by atoms with Crippen LogP contribution in [-0.2, 0) is 6.54 Å². The smallest absolute Gasteiger partial charge is 0.166 e. The molecule has 3 nitrogen and oxygen atoms in total. The molecule has 6 rings (SSSR count). The number of hydrogen-bond acceptors (Lipinski definition) is 2. The van der Waals surface area contributed by atoms with Gasteiger partial charge in [0.25, 0.3) is 0 Å². The highest BCUT2D eigenvalue weighted by Gasteiger charge is 2.34. The standard InChI is InChI=1S/C32H33N3S/c36-32(33-21-23-9-7-8-10-23)34-22-24-19-29-27(25-11-3-1-4-12-25)15-17-35-18-16-28(30(20-24)31(29)35)26-13-5-2-6-14-26/h1-9,11-14,19-20,27-28H,10,15-18,21-22H2,(H2,33,34,36). The van der Waals surface area contributed by atoms with Crippen molar-refractivity contribution in [2.45, 2.75) is 37.6 Å². The van der Waals surface area contributed by atoms with Gasteiger partial charge in [-0.3, -0.25) is 0 Å². The van der Waals surface area contributed by atoms with E-state index in [1.165, 1.54) is 39.1 Å². The number of thiocarbonyl (C=S) groups is 1. The van der Waals surface area contributed by atoms with Gasteiger partial charge < -0.3 is 15.5 Å². The molecule has 2 aliphatic heterocycles. The fourth-order valence-corrected chi connectivity index (χ4v) is 6.23. The van der Waals surface area contributed by atoms with Crippen molar-refractivity contribution in [1.29, 1.82) is 0 Å². The molecule has 0 spiro atoms. The second kappa shape index (κ2) is 10.3. The molecule has 0 radical (unpaired) electrons. The molecule has 0 bridgehead atoms. The van der Waals surface area contributed by atoms with E-state index < -0.39 is 0 Å². The Kier molecular flexibility index (Phi) is 6.61. The van der Waals surface area contributed by atoms with Crippen molar-refractivity contribution in [3.8, 4) is 0 Å². The summed E-state index contributed by atoms with van der Waals surface area (Å²) in [6, 6.07) is 27.0. The number of rotatable bonds is 6. The van der Waals surface area contributed by atoms with Gasteiger partial charge in [0.2, 0.25) is 0 Å². The van der Waals surface area contributed by atoms with Gasteiger partial charge in [-0.1, -0.05) is 91.0 Å². The van der Waals surface area contributed by atoms with Crippen LogP contribution in [0.1, 0.15) is 58.9 Å². The summed E-state index contributed by atoms with van der Waals surface area (Å²) in [6.07, 6.45) is 9.80. The highest BCUT2D eigenvalue weighted by Crippen LogP contribution is 2.48. The molecular formula is C32H33N3S. The Morgan fingerprint density at radius 3 is 1.94 bits per heavy atom. The van der Waals surface area contributed by atoms with Gasteiger partial charge in [0, 0.05) is 43.7 Å². The second-order valence-electron chi connectivity index (χ2n) is 10.1. The van der Waals surface area contributed by atoms with E-state index in [9.17, 15) is 0 Å². The quantitative estimate of drug-likeness (QED) is 0.390. The van der Waals surface area contributed by atoms with E-state index in [-0.39, 0.29) is 0 Å². The Hall–Kier alpha value is -3.37. The molecule has 1 aliphatic carbocycles. The van der Waals surface area contributed by atoms with Crippen molar-refractivity contribution in [2.75, 3.05) is 24.5 Å². The third-order valence-electron chi connectivity index (χ3n) is 7.85. The van der Waals surface area contributed by atoms with E-state index in [0.29, 0.717) is 11.8 Å².